The first-order valence-corrected chi connectivity index (χ1v) is 9.12. The van der Waals surface area contributed by atoms with Crippen LogP contribution in [0.3, 0.4) is 0 Å². The lowest BCUT2D eigenvalue weighted by Gasteiger charge is -2.24. The van der Waals surface area contributed by atoms with Crippen LogP contribution in [-0.4, -0.2) is 24.5 Å². The highest BCUT2D eigenvalue weighted by Crippen LogP contribution is 2.36. The smallest absolute Gasteiger partial charge is 0.264 e. The molecule has 0 aliphatic carbocycles. The summed E-state index contributed by atoms with van der Waals surface area (Å²) < 4.78 is 19.9. The molecule has 2 heterocycles. The van der Waals surface area contributed by atoms with E-state index in [9.17, 15) is 9.18 Å². The summed E-state index contributed by atoms with van der Waals surface area (Å²) in [4.78, 5) is 15.5. The Morgan fingerprint density at radius 2 is 2.04 bits per heavy atom. The fourth-order valence-electron chi connectivity index (χ4n) is 3.45. The lowest BCUT2D eigenvalue weighted by Crippen LogP contribution is -2.29. The molecule has 1 saturated heterocycles. The molecule has 0 N–H and O–H groups in total. The Balaban J connectivity index is 1.64. The van der Waals surface area contributed by atoms with Gasteiger partial charge in [0.05, 0.1) is 18.0 Å². The van der Waals surface area contributed by atoms with E-state index in [4.69, 9.17) is 4.74 Å². The maximum atomic E-state index is 13.9. The molecule has 3 nitrogen and oxygen atoms in total. The van der Waals surface area contributed by atoms with Gasteiger partial charge >= 0.3 is 0 Å². The topological polar surface area (TPSA) is 29.5 Å². The number of fused-ring (bicyclic) bond motifs is 1. The van der Waals surface area contributed by atoms with Crippen LogP contribution in [0, 0.1) is 5.82 Å². The predicted octanol–water partition coefficient (Wildman–Crippen LogP) is 5.03. The highest BCUT2D eigenvalue weighted by Gasteiger charge is 2.31. The zero-order chi connectivity index (χ0) is 17.4. The van der Waals surface area contributed by atoms with Crippen molar-refractivity contribution < 1.29 is 13.9 Å². The Hall–Kier alpha value is -2.40. The molecule has 1 aliphatic rings. The molecule has 2 aromatic carbocycles. The number of hydrogen-bond donors (Lipinski definition) is 0. The normalized spacial score (nSPS) is 17.2. The number of thiophene rings is 1. The van der Waals surface area contributed by atoms with E-state index >= 15 is 0 Å². The van der Waals surface area contributed by atoms with Gasteiger partial charge < -0.3 is 9.64 Å². The summed E-state index contributed by atoms with van der Waals surface area (Å²) in [6, 6.07) is 14.6. The summed E-state index contributed by atoms with van der Waals surface area (Å²) in [6.45, 7) is 0.728. The average molecular weight is 355 g/mol. The summed E-state index contributed by atoms with van der Waals surface area (Å²) in [5.41, 5.74) is 1.11. The second-order valence-electron chi connectivity index (χ2n) is 6.19. The molecule has 1 atom stereocenters. The zero-order valence-electron chi connectivity index (χ0n) is 13.9. The van der Waals surface area contributed by atoms with E-state index < -0.39 is 0 Å². The Morgan fingerprint density at radius 3 is 2.76 bits per heavy atom. The van der Waals surface area contributed by atoms with Crippen LogP contribution in [0.5, 0.6) is 5.75 Å². The maximum absolute atomic E-state index is 13.9. The van der Waals surface area contributed by atoms with Gasteiger partial charge in [-0.05, 0) is 48.7 Å². The van der Waals surface area contributed by atoms with Crippen molar-refractivity contribution in [2.75, 3.05) is 13.7 Å². The number of amides is 1. The minimum absolute atomic E-state index is 0.0149. The van der Waals surface area contributed by atoms with E-state index in [1.165, 1.54) is 17.4 Å². The second kappa shape index (κ2) is 6.48. The molecule has 4 rings (SSSR count). The summed E-state index contributed by atoms with van der Waals surface area (Å²) in [7, 11) is 1.64. The number of rotatable bonds is 3. The second-order valence-corrected chi connectivity index (χ2v) is 7.28. The van der Waals surface area contributed by atoms with Crippen LogP contribution < -0.4 is 4.74 Å². The molecular formula is C20H18FNO2S. The Labute approximate surface area is 149 Å². The molecule has 1 fully saturated rings. The number of halogens is 1. The fourth-order valence-corrected chi connectivity index (χ4v) is 4.49. The summed E-state index contributed by atoms with van der Waals surface area (Å²) >= 11 is 1.36. The van der Waals surface area contributed by atoms with Crippen molar-refractivity contribution in [2.24, 2.45) is 0 Å². The Bertz CT molecular complexity index is 919. The van der Waals surface area contributed by atoms with Gasteiger partial charge in [-0.3, -0.25) is 4.79 Å². The van der Waals surface area contributed by atoms with Crippen molar-refractivity contribution in [3.63, 3.8) is 0 Å². The molecular weight excluding hydrogens is 337 g/mol. The van der Waals surface area contributed by atoms with Gasteiger partial charge in [-0.25, -0.2) is 4.39 Å². The molecule has 1 aromatic heterocycles. The van der Waals surface area contributed by atoms with Crippen LogP contribution in [0.4, 0.5) is 4.39 Å². The lowest BCUT2D eigenvalue weighted by atomic mass is 10.0. The first-order valence-electron chi connectivity index (χ1n) is 8.30. The first-order chi connectivity index (χ1) is 12.2. The van der Waals surface area contributed by atoms with Crippen molar-refractivity contribution in [1.29, 1.82) is 0 Å². The predicted molar refractivity (Wildman–Crippen MR) is 97.8 cm³/mol. The minimum atomic E-state index is -0.277. The quantitative estimate of drug-likeness (QED) is 0.660. The molecule has 128 valence electrons. The number of benzene rings is 2. The standard InChI is InChI=1S/C20H18FNO2S/c1-24-14-9-7-13(8-10-14)17-5-3-11-22(17)20(23)19-12-15-16(21)4-2-6-18(15)25-19/h2,4,6-10,12,17H,3,5,11H2,1H3/t17-/m0/s1. The third kappa shape index (κ3) is 2.89. The van der Waals surface area contributed by atoms with E-state index in [1.54, 1.807) is 19.2 Å². The SMILES string of the molecule is COc1ccc([C@@H]2CCCN2C(=O)c2cc3c(F)cccc3s2)cc1. The van der Waals surface area contributed by atoms with Crippen molar-refractivity contribution >= 4 is 27.3 Å². The summed E-state index contributed by atoms with van der Waals surface area (Å²) in [5.74, 6) is 0.513. The van der Waals surface area contributed by atoms with Gasteiger partial charge in [-0.2, -0.15) is 0 Å². The molecule has 0 spiro atoms. The Morgan fingerprint density at radius 1 is 1.24 bits per heavy atom. The molecule has 1 aliphatic heterocycles. The van der Waals surface area contributed by atoms with Gasteiger partial charge in [-0.1, -0.05) is 18.2 Å². The van der Waals surface area contributed by atoms with Crippen LogP contribution in [0.15, 0.2) is 48.5 Å². The average Bonchev–Trinajstić information content (AvgIpc) is 3.29. The van der Waals surface area contributed by atoms with Crippen LogP contribution >= 0.6 is 11.3 Å². The van der Waals surface area contributed by atoms with Gasteiger partial charge in [-0.15, -0.1) is 11.3 Å². The fraction of sp³-hybridized carbons (Fsp3) is 0.250. The number of methoxy groups -OCH3 is 1. The number of carbonyl (C=O) groups is 1. The molecule has 5 heteroatoms. The van der Waals surface area contributed by atoms with Gasteiger partial charge in [0.25, 0.3) is 5.91 Å². The molecule has 25 heavy (non-hydrogen) atoms. The van der Waals surface area contributed by atoms with Crippen molar-refractivity contribution in [3.8, 4) is 5.75 Å². The van der Waals surface area contributed by atoms with E-state index in [2.05, 4.69) is 0 Å². The molecule has 3 aromatic rings. The van der Waals surface area contributed by atoms with Crippen molar-refractivity contribution in [2.45, 2.75) is 18.9 Å². The van der Waals surface area contributed by atoms with Crippen LogP contribution in [-0.2, 0) is 0 Å². The number of hydrogen-bond acceptors (Lipinski definition) is 3. The number of ether oxygens (including phenoxy) is 1. The van der Waals surface area contributed by atoms with Crippen molar-refractivity contribution in [3.05, 3.63) is 64.8 Å². The summed E-state index contributed by atoms with van der Waals surface area (Å²) in [5, 5.41) is 0.524. The molecule has 1 amide bonds. The monoisotopic (exact) mass is 355 g/mol. The number of nitrogens with zero attached hydrogens (tertiary/aromatic N) is 1. The highest BCUT2D eigenvalue weighted by molar-refractivity contribution is 7.20. The van der Waals surface area contributed by atoms with Crippen LogP contribution in [0.1, 0.15) is 34.1 Å². The minimum Gasteiger partial charge on any atom is -0.497 e. The third-order valence-electron chi connectivity index (χ3n) is 4.73. The Kier molecular flexibility index (Phi) is 4.17. The molecule has 0 bridgehead atoms. The van der Waals surface area contributed by atoms with E-state index in [-0.39, 0.29) is 17.8 Å². The number of carbonyl (C=O) groups excluding carboxylic acids is 1. The third-order valence-corrected chi connectivity index (χ3v) is 5.82. The van der Waals surface area contributed by atoms with E-state index in [0.717, 1.165) is 35.4 Å². The van der Waals surface area contributed by atoms with Crippen molar-refractivity contribution in [1.82, 2.24) is 4.90 Å². The van der Waals surface area contributed by atoms with Gasteiger partial charge in [0.2, 0.25) is 0 Å². The largest absolute Gasteiger partial charge is 0.497 e. The number of likely N-dealkylation sites (tertiary alicyclic amines) is 1. The van der Waals surface area contributed by atoms with Crippen LogP contribution in [0.25, 0.3) is 10.1 Å². The molecule has 0 saturated carbocycles. The van der Waals surface area contributed by atoms with Crippen LogP contribution in [0.2, 0.25) is 0 Å². The molecule has 0 radical (unpaired) electrons. The van der Waals surface area contributed by atoms with Gasteiger partial charge in [0.15, 0.2) is 0 Å². The van der Waals surface area contributed by atoms with E-state index in [1.807, 2.05) is 35.2 Å². The van der Waals surface area contributed by atoms with Gasteiger partial charge in [0.1, 0.15) is 11.6 Å². The molecule has 0 unspecified atom stereocenters. The highest BCUT2D eigenvalue weighted by atomic mass is 32.1. The first kappa shape index (κ1) is 16.1. The summed E-state index contributed by atoms with van der Waals surface area (Å²) in [6.07, 6.45) is 1.92. The lowest BCUT2D eigenvalue weighted by molar-refractivity contribution is 0.0740. The van der Waals surface area contributed by atoms with E-state index in [0.29, 0.717) is 10.3 Å². The van der Waals surface area contributed by atoms with Gasteiger partial charge in [0, 0.05) is 16.6 Å². The maximum Gasteiger partial charge on any atom is 0.264 e. The zero-order valence-corrected chi connectivity index (χ0v) is 14.7.